The van der Waals surface area contributed by atoms with Gasteiger partial charge in [-0.25, -0.2) is 0 Å². The lowest BCUT2D eigenvalue weighted by atomic mass is 9.99. The van der Waals surface area contributed by atoms with Crippen LogP contribution in [0.3, 0.4) is 0 Å². The molecule has 0 bridgehead atoms. The molecule has 0 aromatic heterocycles. The highest BCUT2D eigenvalue weighted by Crippen LogP contribution is 2.28. The second-order valence-electron chi connectivity index (χ2n) is 6.03. The van der Waals surface area contributed by atoms with Crippen molar-refractivity contribution in [3.63, 3.8) is 0 Å². The summed E-state index contributed by atoms with van der Waals surface area (Å²) in [6.45, 7) is 6.39. The predicted octanol–water partition coefficient (Wildman–Crippen LogP) is 2.18. The molecule has 1 saturated heterocycles. The molecular formula is C16H22N2O3. The Morgan fingerprint density at radius 1 is 1.29 bits per heavy atom. The van der Waals surface area contributed by atoms with Gasteiger partial charge in [-0.05, 0) is 63.4 Å². The molecule has 0 radical (unpaired) electrons. The van der Waals surface area contributed by atoms with E-state index >= 15 is 0 Å². The number of carbonyl (C=O) groups is 2. The van der Waals surface area contributed by atoms with Crippen molar-refractivity contribution >= 4 is 17.6 Å². The standard InChI is InChI=1S/C16H22N2O3/c1-11-7-12(2)9-13(8-11)17-14(19)10-18-6-4-5-16(18,3)15(20)21/h7-9H,4-6,10H2,1-3H3,(H,17,19)(H,20,21). The van der Waals surface area contributed by atoms with Gasteiger partial charge in [0.15, 0.2) is 0 Å². The third-order valence-electron chi connectivity index (χ3n) is 4.09. The molecule has 5 heteroatoms. The number of carboxylic acid groups (broad SMARTS) is 1. The largest absolute Gasteiger partial charge is 0.480 e. The quantitative estimate of drug-likeness (QED) is 0.891. The molecule has 0 saturated carbocycles. The summed E-state index contributed by atoms with van der Waals surface area (Å²) < 4.78 is 0. The van der Waals surface area contributed by atoms with Gasteiger partial charge in [0.25, 0.3) is 0 Å². The first kappa shape index (κ1) is 15.5. The van der Waals surface area contributed by atoms with Gasteiger partial charge in [-0.15, -0.1) is 0 Å². The number of likely N-dealkylation sites (tertiary alicyclic amines) is 1. The van der Waals surface area contributed by atoms with Crippen LogP contribution in [-0.2, 0) is 9.59 Å². The van der Waals surface area contributed by atoms with Gasteiger partial charge >= 0.3 is 5.97 Å². The molecule has 1 heterocycles. The fourth-order valence-electron chi connectivity index (χ4n) is 2.94. The first-order valence-corrected chi connectivity index (χ1v) is 7.18. The molecule has 1 unspecified atom stereocenters. The Hall–Kier alpha value is -1.88. The third-order valence-corrected chi connectivity index (χ3v) is 4.09. The number of aliphatic carboxylic acids is 1. The molecule has 21 heavy (non-hydrogen) atoms. The summed E-state index contributed by atoms with van der Waals surface area (Å²) in [5.74, 6) is -1.03. The molecule has 1 amide bonds. The number of anilines is 1. The highest BCUT2D eigenvalue weighted by Gasteiger charge is 2.43. The second-order valence-corrected chi connectivity index (χ2v) is 6.03. The first-order valence-electron chi connectivity index (χ1n) is 7.18. The van der Waals surface area contributed by atoms with E-state index in [0.717, 1.165) is 23.2 Å². The molecule has 1 aliphatic heterocycles. The summed E-state index contributed by atoms with van der Waals surface area (Å²) in [5, 5.41) is 12.2. The van der Waals surface area contributed by atoms with E-state index in [9.17, 15) is 14.7 Å². The van der Waals surface area contributed by atoms with Gasteiger partial charge in [-0.1, -0.05) is 6.07 Å². The summed E-state index contributed by atoms with van der Waals surface area (Å²) in [6.07, 6.45) is 1.39. The number of aryl methyl sites for hydroxylation is 2. The number of nitrogens with one attached hydrogen (secondary N) is 1. The zero-order valence-corrected chi connectivity index (χ0v) is 12.8. The molecule has 1 fully saturated rings. The van der Waals surface area contributed by atoms with E-state index < -0.39 is 11.5 Å². The number of carbonyl (C=O) groups excluding carboxylic acids is 1. The predicted molar refractivity (Wildman–Crippen MR) is 81.4 cm³/mol. The van der Waals surface area contributed by atoms with E-state index in [1.54, 1.807) is 11.8 Å². The van der Waals surface area contributed by atoms with Crippen LogP contribution in [-0.4, -0.2) is 40.5 Å². The molecule has 0 aliphatic carbocycles. The topological polar surface area (TPSA) is 69.6 Å². The Morgan fingerprint density at radius 2 is 1.90 bits per heavy atom. The minimum absolute atomic E-state index is 0.107. The Labute approximate surface area is 125 Å². The first-order chi connectivity index (χ1) is 9.81. The van der Waals surface area contributed by atoms with Crippen LogP contribution in [0, 0.1) is 13.8 Å². The lowest BCUT2D eigenvalue weighted by Gasteiger charge is -2.30. The number of carboxylic acids is 1. The average molecular weight is 290 g/mol. The number of hydrogen-bond acceptors (Lipinski definition) is 3. The minimum atomic E-state index is -0.931. The highest BCUT2D eigenvalue weighted by molar-refractivity contribution is 5.93. The van der Waals surface area contributed by atoms with E-state index in [1.807, 2.05) is 32.0 Å². The maximum absolute atomic E-state index is 12.2. The monoisotopic (exact) mass is 290 g/mol. The Kier molecular flexibility index (Phi) is 4.32. The zero-order valence-electron chi connectivity index (χ0n) is 12.8. The fraction of sp³-hybridized carbons (Fsp3) is 0.500. The van der Waals surface area contributed by atoms with Gasteiger partial charge in [-0.2, -0.15) is 0 Å². The lowest BCUT2D eigenvalue weighted by molar-refractivity contribution is -0.149. The molecule has 0 spiro atoms. The highest BCUT2D eigenvalue weighted by atomic mass is 16.4. The lowest BCUT2D eigenvalue weighted by Crippen LogP contribution is -2.50. The second kappa shape index (κ2) is 5.85. The van der Waals surface area contributed by atoms with Crippen LogP contribution in [0.2, 0.25) is 0 Å². The molecular weight excluding hydrogens is 268 g/mol. The van der Waals surface area contributed by atoms with Crippen molar-refractivity contribution in [1.82, 2.24) is 4.90 Å². The van der Waals surface area contributed by atoms with Gasteiger partial charge in [0.05, 0.1) is 6.54 Å². The van der Waals surface area contributed by atoms with E-state index in [1.165, 1.54) is 0 Å². The van der Waals surface area contributed by atoms with Gasteiger partial charge in [-0.3, -0.25) is 14.5 Å². The van der Waals surface area contributed by atoms with E-state index in [0.29, 0.717) is 13.0 Å². The molecule has 1 aliphatic rings. The van der Waals surface area contributed by atoms with Gasteiger partial charge in [0, 0.05) is 5.69 Å². The van der Waals surface area contributed by atoms with Crippen molar-refractivity contribution in [3.8, 4) is 0 Å². The molecule has 1 aromatic rings. The Morgan fingerprint density at radius 3 is 2.48 bits per heavy atom. The normalized spacial score (nSPS) is 22.2. The summed E-state index contributed by atoms with van der Waals surface area (Å²) in [5.41, 5.74) is 2.00. The third kappa shape index (κ3) is 3.42. The summed E-state index contributed by atoms with van der Waals surface area (Å²) in [7, 11) is 0. The number of rotatable bonds is 4. The average Bonchev–Trinajstić information content (AvgIpc) is 2.70. The van der Waals surface area contributed by atoms with Gasteiger partial charge in [0.1, 0.15) is 5.54 Å². The minimum Gasteiger partial charge on any atom is -0.480 e. The Balaban J connectivity index is 2.03. The molecule has 2 rings (SSSR count). The molecule has 5 nitrogen and oxygen atoms in total. The van der Waals surface area contributed by atoms with Crippen LogP contribution in [0.4, 0.5) is 5.69 Å². The van der Waals surface area contributed by atoms with Crippen LogP contribution in [0.5, 0.6) is 0 Å². The van der Waals surface area contributed by atoms with Crippen molar-refractivity contribution in [1.29, 1.82) is 0 Å². The fourth-order valence-corrected chi connectivity index (χ4v) is 2.94. The molecule has 1 aromatic carbocycles. The van der Waals surface area contributed by atoms with E-state index in [2.05, 4.69) is 5.32 Å². The van der Waals surface area contributed by atoms with Crippen LogP contribution in [0.15, 0.2) is 18.2 Å². The van der Waals surface area contributed by atoms with Crippen LogP contribution < -0.4 is 5.32 Å². The van der Waals surface area contributed by atoms with Crippen molar-refractivity contribution < 1.29 is 14.7 Å². The smallest absolute Gasteiger partial charge is 0.323 e. The maximum Gasteiger partial charge on any atom is 0.323 e. The Bertz CT molecular complexity index is 550. The van der Waals surface area contributed by atoms with Gasteiger partial charge in [0.2, 0.25) is 5.91 Å². The number of amides is 1. The van der Waals surface area contributed by atoms with E-state index in [4.69, 9.17) is 0 Å². The van der Waals surface area contributed by atoms with Crippen LogP contribution in [0.1, 0.15) is 30.9 Å². The van der Waals surface area contributed by atoms with Crippen molar-refractivity contribution in [2.75, 3.05) is 18.4 Å². The maximum atomic E-state index is 12.2. The van der Waals surface area contributed by atoms with Crippen molar-refractivity contribution in [2.45, 2.75) is 39.2 Å². The van der Waals surface area contributed by atoms with Crippen LogP contribution >= 0.6 is 0 Å². The van der Waals surface area contributed by atoms with Crippen LogP contribution in [0.25, 0.3) is 0 Å². The summed E-state index contributed by atoms with van der Waals surface area (Å²) in [6, 6.07) is 5.86. The number of benzene rings is 1. The molecule has 114 valence electrons. The summed E-state index contributed by atoms with van der Waals surface area (Å²) in [4.78, 5) is 25.3. The molecule has 1 atom stereocenters. The van der Waals surface area contributed by atoms with Crippen molar-refractivity contribution in [2.24, 2.45) is 0 Å². The number of nitrogens with zero attached hydrogens (tertiary/aromatic N) is 1. The van der Waals surface area contributed by atoms with Gasteiger partial charge < -0.3 is 10.4 Å². The zero-order chi connectivity index (χ0) is 15.6. The summed E-state index contributed by atoms with van der Waals surface area (Å²) >= 11 is 0. The SMILES string of the molecule is Cc1cc(C)cc(NC(=O)CN2CCCC2(C)C(=O)O)c1. The van der Waals surface area contributed by atoms with Crippen molar-refractivity contribution in [3.05, 3.63) is 29.3 Å². The van der Waals surface area contributed by atoms with E-state index in [-0.39, 0.29) is 12.5 Å². The number of hydrogen-bond donors (Lipinski definition) is 2. The molecule has 2 N–H and O–H groups in total.